The lowest BCUT2D eigenvalue weighted by Crippen LogP contribution is -2.34. The molecule has 0 bridgehead atoms. The highest BCUT2D eigenvalue weighted by molar-refractivity contribution is 5.93. The topological polar surface area (TPSA) is 75.4 Å². The van der Waals surface area contributed by atoms with Crippen LogP contribution in [0.15, 0.2) is 6.20 Å². The molecule has 0 aliphatic rings. The van der Waals surface area contributed by atoms with E-state index in [0.717, 1.165) is 5.56 Å². The first-order valence-electron chi connectivity index (χ1n) is 5.31. The van der Waals surface area contributed by atoms with Crippen molar-refractivity contribution in [2.24, 2.45) is 13.0 Å². The van der Waals surface area contributed by atoms with Gasteiger partial charge in [-0.25, -0.2) is 0 Å². The first-order valence-corrected chi connectivity index (χ1v) is 5.31. The molecule has 6 heteroatoms. The van der Waals surface area contributed by atoms with Crippen molar-refractivity contribution in [3.8, 4) is 0 Å². The maximum Gasteiger partial charge on any atom is 0.308 e. The monoisotopic (exact) mass is 239 g/mol. The third-order valence-electron chi connectivity index (χ3n) is 2.53. The van der Waals surface area contributed by atoms with Crippen molar-refractivity contribution in [1.82, 2.24) is 14.7 Å². The number of aliphatic carboxylic acids is 1. The van der Waals surface area contributed by atoms with Crippen LogP contribution >= 0.6 is 0 Å². The fourth-order valence-electron chi connectivity index (χ4n) is 1.57. The van der Waals surface area contributed by atoms with Crippen LogP contribution in [0.1, 0.15) is 23.0 Å². The molecule has 94 valence electrons. The number of nitrogens with zero attached hydrogens (tertiary/aromatic N) is 3. The third kappa shape index (κ3) is 3.05. The van der Waals surface area contributed by atoms with Gasteiger partial charge in [0.2, 0.25) is 0 Å². The van der Waals surface area contributed by atoms with E-state index >= 15 is 0 Å². The molecule has 1 amide bonds. The lowest BCUT2D eigenvalue weighted by atomic mass is 10.1. The van der Waals surface area contributed by atoms with E-state index in [1.54, 1.807) is 38.8 Å². The van der Waals surface area contributed by atoms with Gasteiger partial charge in [0, 0.05) is 32.4 Å². The quantitative estimate of drug-likeness (QED) is 0.831. The van der Waals surface area contributed by atoms with Crippen molar-refractivity contribution < 1.29 is 14.7 Å². The molecule has 1 N–H and O–H groups in total. The van der Waals surface area contributed by atoms with E-state index in [2.05, 4.69) is 5.10 Å². The molecule has 1 unspecified atom stereocenters. The summed E-state index contributed by atoms with van der Waals surface area (Å²) in [5.41, 5.74) is 1.15. The van der Waals surface area contributed by atoms with E-state index in [1.165, 1.54) is 4.90 Å². The number of hydrogen-bond acceptors (Lipinski definition) is 3. The van der Waals surface area contributed by atoms with Crippen LogP contribution in [0.25, 0.3) is 0 Å². The minimum absolute atomic E-state index is 0.171. The fraction of sp³-hybridized carbons (Fsp3) is 0.545. The predicted octanol–water partition coefficient (Wildman–Crippen LogP) is 0.521. The largest absolute Gasteiger partial charge is 0.481 e. The van der Waals surface area contributed by atoms with Crippen LogP contribution in [0.5, 0.6) is 0 Å². The van der Waals surface area contributed by atoms with Crippen LogP contribution in [0.2, 0.25) is 0 Å². The second-order valence-electron chi connectivity index (χ2n) is 4.26. The SMILES string of the molecule is Cc1cn(C)nc1C(=O)N(C)CC(C)C(=O)O. The van der Waals surface area contributed by atoms with Crippen LogP contribution in [-0.2, 0) is 11.8 Å². The van der Waals surface area contributed by atoms with Crippen molar-refractivity contribution in [3.05, 3.63) is 17.5 Å². The summed E-state index contributed by atoms with van der Waals surface area (Å²) in [5, 5.41) is 12.8. The number of carboxylic acids is 1. The van der Waals surface area contributed by atoms with E-state index < -0.39 is 11.9 Å². The second kappa shape index (κ2) is 4.99. The Morgan fingerprint density at radius 1 is 1.59 bits per heavy atom. The number of aryl methyl sites for hydroxylation is 2. The average molecular weight is 239 g/mol. The first kappa shape index (κ1) is 13.2. The van der Waals surface area contributed by atoms with Crippen molar-refractivity contribution in [2.45, 2.75) is 13.8 Å². The number of carbonyl (C=O) groups excluding carboxylic acids is 1. The molecule has 0 fully saturated rings. The Labute approximate surface area is 99.8 Å². The highest BCUT2D eigenvalue weighted by atomic mass is 16.4. The zero-order valence-corrected chi connectivity index (χ0v) is 10.5. The minimum atomic E-state index is -0.914. The number of amides is 1. The Balaban J connectivity index is 2.77. The molecule has 17 heavy (non-hydrogen) atoms. The Morgan fingerprint density at radius 3 is 2.59 bits per heavy atom. The first-order chi connectivity index (χ1) is 7.82. The highest BCUT2D eigenvalue weighted by Crippen LogP contribution is 2.09. The lowest BCUT2D eigenvalue weighted by molar-refractivity contribution is -0.141. The average Bonchev–Trinajstić information content (AvgIpc) is 2.56. The molecule has 0 aliphatic carbocycles. The summed E-state index contributed by atoms with van der Waals surface area (Å²) in [7, 11) is 3.32. The van der Waals surface area contributed by atoms with Gasteiger partial charge in [-0.05, 0) is 6.92 Å². The lowest BCUT2D eigenvalue weighted by Gasteiger charge is -2.18. The maximum absolute atomic E-state index is 12.0. The summed E-state index contributed by atoms with van der Waals surface area (Å²) in [5.74, 6) is -1.76. The molecule has 1 rings (SSSR count). The summed E-state index contributed by atoms with van der Waals surface area (Å²) < 4.78 is 1.57. The van der Waals surface area contributed by atoms with Crippen LogP contribution in [0.3, 0.4) is 0 Å². The molecule has 0 radical (unpaired) electrons. The molecule has 1 atom stereocenters. The summed E-state index contributed by atoms with van der Waals surface area (Å²) in [6.45, 7) is 3.54. The predicted molar refractivity (Wildman–Crippen MR) is 61.7 cm³/mol. The standard InChI is InChI=1S/C11H17N3O3/c1-7-6-14(4)12-9(7)10(15)13(3)5-8(2)11(16)17/h6,8H,5H2,1-4H3,(H,16,17). The molecule has 1 heterocycles. The van der Waals surface area contributed by atoms with E-state index in [4.69, 9.17) is 5.11 Å². The van der Waals surface area contributed by atoms with Crippen LogP contribution in [0.4, 0.5) is 0 Å². The van der Waals surface area contributed by atoms with Crippen LogP contribution in [-0.4, -0.2) is 45.3 Å². The van der Waals surface area contributed by atoms with Gasteiger partial charge in [0.1, 0.15) is 0 Å². The molecule has 0 saturated carbocycles. The number of carboxylic acid groups (broad SMARTS) is 1. The van der Waals surface area contributed by atoms with Gasteiger partial charge in [0.15, 0.2) is 5.69 Å². The van der Waals surface area contributed by atoms with Gasteiger partial charge < -0.3 is 10.0 Å². The molecule has 0 aliphatic heterocycles. The Hall–Kier alpha value is -1.85. The number of carbonyl (C=O) groups is 2. The van der Waals surface area contributed by atoms with Gasteiger partial charge in [-0.1, -0.05) is 6.92 Å². The molecular weight excluding hydrogens is 222 g/mol. The maximum atomic E-state index is 12.0. The van der Waals surface area contributed by atoms with Crippen molar-refractivity contribution >= 4 is 11.9 Å². The van der Waals surface area contributed by atoms with Crippen LogP contribution < -0.4 is 0 Å². The molecule has 0 spiro atoms. The van der Waals surface area contributed by atoms with Crippen molar-refractivity contribution in [3.63, 3.8) is 0 Å². The number of aromatic nitrogens is 2. The van der Waals surface area contributed by atoms with E-state index in [-0.39, 0.29) is 12.5 Å². The second-order valence-corrected chi connectivity index (χ2v) is 4.26. The van der Waals surface area contributed by atoms with E-state index in [9.17, 15) is 9.59 Å². The fourth-order valence-corrected chi connectivity index (χ4v) is 1.57. The Bertz CT molecular complexity index is 439. The molecule has 6 nitrogen and oxygen atoms in total. The molecule has 1 aromatic heterocycles. The van der Waals surface area contributed by atoms with Crippen molar-refractivity contribution in [1.29, 1.82) is 0 Å². The van der Waals surface area contributed by atoms with Gasteiger partial charge in [-0.15, -0.1) is 0 Å². The van der Waals surface area contributed by atoms with Gasteiger partial charge in [-0.3, -0.25) is 14.3 Å². The highest BCUT2D eigenvalue weighted by Gasteiger charge is 2.21. The van der Waals surface area contributed by atoms with E-state index in [1.807, 2.05) is 0 Å². The summed E-state index contributed by atoms with van der Waals surface area (Å²) in [6, 6.07) is 0. The summed E-state index contributed by atoms with van der Waals surface area (Å²) >= 11 is 0. The number of rotatable bonds is 4. The van der Waals surface area contributed by atoms with Gasteiger partial charge in [-0.2, -0.15) is 5.10 Å². The van der Waals surface area contributed by atoms with Gasteiger partial charge >= 0.3 is 5.97 Å². The normalized spacial score (nSPS) is 12.2. The smallest absolute Gasteiger partial charge is 0.308 e. The number of hydrogen-bond donors (Lipinski definition) is 1. The molecule has 0 aromatic carbocycles. The Morgan fingerprint density at radius 2 is 2.18 bits per heavy atom. The van der Waals surface area contributed by atoms with Gasteiger partial charge in [0.25, 0.3) is 5.91 Å². The third-order valence-corrected chi connectivity index (χ3v) is 2.53. The zero-order valence-electron chi connectivity index (χ0n) is 10.5. The van der Waals surface area contributed by atoms with E-state index in [0.29, 0.717) is 5.69 Å². The van der Waals surface area contributed by atoms with Gasteiger partial charge in [0.05, 0.1) is 5.92 Å². The van der Waals surface area contributed by atoms with Crippen LogP contribution in [0, 0.1) is 12.8 Å². The Kier molecular flexibility index (Phi) is 3.88. The molecule has 0 saturated heterocycles. The molecular formula is C11H17N3O3. The minimum Gasteiger partial charge on any atom is -0.481 e. The summed E-state index contributed by atoms with van der Waals surface area (Å²) in [4.78, 5) is 24.1. The van der Waals surface area contributed by atoms with Crippen molar-refractivity contribution in [2.75, 3.05) is 13.6 Å². The zero-order chi connectivity index (χ0) is 13.2. The molecule has 1 aromatic rings. The summed E-state index contributed by atoms with van der Waals surface area (Å²) in [6.07, 6.45) is 1.75.